The van der Waals surface area contributed by atoms with Gasteiger partial charge >= 0.3 is 0 Å². The Morgan fingerprint density at radius 1 is 1.26 bits per heavy atom. The normalized spacial score (nSPS) is 18.2. The van der Waals surface area contributed by atoms with E-state index >= 15 is 0 Å². The van der Waals surface area contributed by atoms with E-state index in [0.717, 1.165) is 18.8 Å². The number of carbonyl (C=O) groups excluding carboxylic acids is 1. The zero-order valence-electron chi connectivity index (χ0n) is 11.1. The highest BCUT2D eigenvalue weighted by molar-refractivity contribution is 8.03. The third kappa shape index (κ3) is 2.25. The number of para-hydroxylation sites is 2. The first-order valence-electron chi connectivity index (χ1n) is 6.63. The Bertz CT molecular complexity index is 525. The molecule has 0 bridgehead atoms. The van der Waals surface area contributed by atoms with Crippen molar-refractivity contribution in [3.8, 4) is 0 Å². The molecule has 2 aliphatic rings. The van der Waals surface area contributed by atoms with Crippen LogP contribution in [0.15, 0.2) is 35.7 Å². The molecule has 0 saturated heterocycles. The van der Waals surface area contributed by atoms with Crippen LogP contribution in [0.3, 0.4) is 0 Å². The number of anilines is 2. The van der Waals surface area contributed by atoms with Crippen LogP contribution >= 0.6 is 11.8 Å². The summed E-state index contributed by atoms with van der Waals surface area (Å²) in [6, 6.07) is 8.88. The van der Waals surface area contributed by atoms with Crippen molar-refractivity contribution in [1.29, 1.82) is 0 Å². The fourth-order valence-electron chi connectivity index (χ4n) is 2.60. The van der Waals surface area contributed by atoms with Crippen LogP contribution in [0.2, 0.25) is 0 Å². The van der Waals surface area contributed by atoms with E-state index in [1.807, 2.05) is 29.4 Å². The van der Waals surface area contributed by atoms with E-state index in [0.29, 0.717) is 10.9 Å². The van der Waals surface area contributed by atoms with Crippen molar-refractivity contribution >= 4 is 29.0 Å². The van der Waals surface area contributed by atoms with Crippen molar-refractivity contribution in [3.63, 3.8) is 0 Å². The molecule has 100 valence electrons. The lowest BCUT2D eigenvalue weighted by Gasteiger charge is -2.38. The Balaban J connectivity index is 1.94. The number of benzene rings is 1. The third-order valence-corrected chi connectivity index (χ3v) is 4.43. The van der Waals surface area contributed by atoms with Crippen LogP contribution in [-0.2, 0) is 4.79 Å². The minimum Gasteiger partial charge on any atom is -0.365 e. The van der Waals surface area contributed by atoms with Gasteiger partial charge in [0.2, 0.25) is 0 Å². The second-order valence-corrected chi connectivity index (χ2v) is 5.90. The Hall–Kier alpha value is -1.42. The summed E-state index contributed by atoms with van der Waals surface area (Å²) in [5, 5.41) is 0. The molecule has 3 nitrogen and oxygen atoms in total. The summed E-state index contributed by atoms with van der Waals surface area (Å²) in [6.45, 7) is 5.53. The summed E-state index contributed by atoms with van der Waals surface area (Å²) in [5.74, 6) is 0.0374. The number of rotatable bonds is 3. The predicted molar refractivity (Wildman–Crippen MR) is 81.8 cm³/mol. The standard InChI is InChI=1S/C15H18N2OS/c1-11(19-2)15(18)17-10-9-16(12-7-8-12)13-5-3-4-6-14(13)17/h3-6,12H,1,7-10H2,2H3. The van der Waals surface area contributed by atoms with Gasteiger partial charge in [-0.3, -0.25) is 4.79 Å². The maximum absolute atomic E-state index is 12.4. The van der Waals surface area contributed by atoms with Crippen molar-refractivity contribution in [2.45, 2.75) is 18.9 Å². The van der Waals surface area contributed by atoms with Gasteiger partial charge in [0.1, 0.15) is 0 Å². The van der Waals surface area contributed by atoms with E-state index in [9.17, 15) is 4.79 Å². The van der Waals surface area contributed by atoms with Crippen LogP contribution in [0, 0.1) is 0 Å². The van der Waals surface area contributed by atoms with Gasteiger partial charge in [0.05, 0.1) is 16.3 Å². The Morgan fingerprint density at radius 2 is 1.95 bits per heavy atom. The van der Waals surface area contributed by atoms with E-state index in [2.05, 4.69) is 17.5 Å². The molecule has 0 radical (unpaired) electrons. The van der Waals surface area contributed by atoms with Crippen LogP contribution in [0.5, 0.6) is 0 Å². The molecule has 3 rings (SSSR count). The SMILES string of the molecule is C=C(SC)C(=O)N1CCN(C2CC2)c2ccccc21. The molecule has 1 aromatic carbocycles. The molecule has 0 spiro atoms. The highest BCUT2D eigenvalue weighted by Crippen LogP contribution is 2.40. The molecule has 1 amide bonds. The van der Waals surface area contributed by atoms with Crippen molar-refractivity contribution in [3.05, 3.63) is 35.7 Å². The summed E-state index contributed by atoms with van der Waals surface area (Å²) in [4.78, 5) is 17.3. The van der Waals surface area contributed by atoms with Gasteiger partial charge < -0.3 is 9.80 Å². The summed E-state index contributed by atoms with van der Waals surface area (Å²) in [5.41, 5.74) is 2.22. The fourth-order valence-corrected chi connectivity index (χ4v) is 2.88. The van der Waals surface area contributed by atoms with E-state index in [4.69, 9.17) is 0 Å². The lowest BCUT2D eigenvalue weighted by Crippen LogP contribution is -2.45. The molecule has 19 heavy (non-hydrogen) atoms. The van der Waals surface area contributed by atoms with Gasteiger partial charge in [-0.05, 0) is 31.2 Å². The molecule has 1 saturated carbocycles. The summed E-state index contributed by atoms with van der Waals surface area (Å²) >= 11 is 1.42. The molecule has 1 fully saturated rings. The van der Waals surface area contributed by atoms with Gasteiger partial charge in [-0.2, -0.15) is 0 Å². The molecule has 0 atom stereocenters. The topological polar surface area (TPSA) is 23.6 Å². The van der Waals surface area contributed by atoms with Crippen LogP contribution in [0.1, 0.15) is 12.8 Å². The summed E-state index contributed by atoms with van der Waals surface area (Å²) < 4.78 is 0. The maximum atomic E-state index is 12.4. The maximum Gasteiger partial charge on any atom is 0.264 e. The lowest BCUT2D eigenvalue weighted by atomic mass is 10.1. The van der Waals surface area contributed by atoms with Crippen LogP contribution < -0.4 is 9.80 Å². The third-order valence-electron chi connectivity index (χ3n) is 3.76. The molecule has 0 unspecified atom stereocenters. The largest absolute Gasteiger partial charge is 0.365 e. The average molecular weight is 274 g/mol. The quantitative estimate of drug-likeness (QED) is 0.792. The van der Waals surface area contributed by atoms with Gasteiger partial charge in [-0.1, -0.05) is 18.7 Å². The molecule has 1 aliphatic carbocycles. The van der Waals surface area contributed by atoms with Crippen molar-refractivity contribution in [2.24, 2.45) is 0 Å². The zero-order valence-corrected chi connectivity index (χ0v) is 11.9. The molecule has 4 heteroatoms. The number of hydrogen-bond donors (Lipinski definition) is 0. The molecule has 1 aliphatic heterocycles. The van der Waals surface area contributed by atoms with Crippen LogP contribution in [0.25, 0.3) is 0 Å². The van der Waals surface area contributed by atoms with Crippen molar-refractivity contribution in [2.75, 3.05) is 29.1 Å². The minimum atomic E-state index is 0.0374. The van der Waals surface area contributed by atoms with Gasteiger partial charge in [-0.15, -0.1) is 11.8 Å². The Kier molecular flexibility index (Phi) is 3.27. The number of hydrogen-bond acceptors (Lipinski definition) is 3. The van der Waals surface area contributed by atoms with Gasteiger partial charge in [-0.25, -0.2) is 0 Å². The summed E-state index contributed by atoms with van der Waals surface area (Å²) in [7, 11) is 0. The first kappa shape index (κ1) is 12.6. The molecule has 1 heterocycles. The van der Waals surface area contributed by atoms with Gasteiger partial charge in [0, 0.05) is 19.1 Å². The highest BCUT2D eigenvalue weighted by atomic mass is 32.2. The van der Waals surface area contributed by atoms with E-state index in [-0.39, 0.29) is 5.91 Å². The second kappa shape index (κ2) is 4.93. The fraction of sp³-hybridized carbons (Fsp3) is 0.400. The average Bonchev–Trinajstić information content (AvgIpc) is 3.29. The Morgan fingerprint density at radius 3 is 2.58 bits per heavy atom. The molecular weight excluding hydrogens is 256 g/mol. The smallest absolute Gasteiger partial charge is 0.264 e. The van der Waals surface area contributed by atoms with Crippen LogP contribution in [-0.4, -0.2) is 31.3 Å². The number of fused-ring (bicyclic) bond motifs is 1. The lowest BCUT2D eigenvalue weighted by molar-refractivity contribution is -0.114. The number of carbonyl (C=O) groups is 1. The molecule has 1 aromatic rings. The second-order valence-electron chi connectivity index (χ2n) is 5.00. The van der Waals surface area contributed by atoms with Crippen LogP contribution in [0.4, 0.5) is 11.4 Å². The first-order valence-corrected chi connectivity index (χ1v) is 7.85. The van der Waals surface area contributed by atoms with Gasteiger partial charge in [0.25, 0.3) is 5.91 Å². The number of thioether (sulfide) groups is 1. The molecule has 0 N–H and O–H groups in total. The first-order chi connectivity index (χ1) is 9.22. The van der Waals surface area contributed by atoms with Crippen molar-refractivity contribution < 1.29 is 4.79 Å². The van der Waals surface area contributed by atoms with Gasteiger partial charge in [0.15, 0.2) is 0 Å². The predicted octanol–water partition coefficient (Wildman–Crippen LogP) is 2.88. The van der Waals surface area contributed by atoms with E-state index < -0.39 is 0 Å². The summed E-state index contributed by atoms with van der Waals surface area (Å²) in [6.07, 6.45) is 4.45. The molecule has 0 aromatic heterocycles. The van der Waals surface area contributed by atoms with E-state index in [1.54, 1.807) is 0 Å². The zero-order chi connectivity index (χ0) is 13.4. The molecular formula is C15H18N2OS. The highest BCUT2D eigenvalue weighted by Gasteiger charge is 2.35. The van der Waals surface area contributed by atoms with E-state index in [1.165, 1.54) is 30.3 Å². The number of amides is 1. The van der Waals surface area contributed by atoms with Crippen molar-refractivity contribution in [1.82, 2.24) is 0 Å². The number of nitrogens with zero attached hydrogens (tertiary/aromatic N) is 2. The Labute approximate surface area is 118 Å². The monoisotopic (exact) mass is 274 g/mol. The minimum absolute atomic E-state index is 0.0374.